The molecular formula is C9H12F3NO5. The van der Waals surface area contributed by atoms with E-state index in [0.717, 1.165) is 0 Å². The molecule has 2 atom stereocenters. The molecule has 0 aromatic carbocycles. The molecule has 0 radical (unpaired) electrons. The molecule has 1 rings (SSSR count). The Morgan fingerprint density at radius 1 is 1.33 bits per heavy atom. The minimum absolute atomic E-state index is 0.0634. The van der Waals surface area contributed by atoms with E-state index in [-0.39, 0.29) is 19.8 Å². The fourth-order valence-electron chi connectivity index (χ4n) is 1.21. The van der Waals surface area contributed by atoms with Crippen molar-refractivity contribution in [3.63, 3.8) is 0 Å². The molecular weight excluding hydrogens is 259 g/mol. The largest absolute Gasteiger partial charge is 0.479 e. The van der Waals surface area contributed by atoms with Crippen LogP contribution in [-0.4, -0.2) is 54.6 Å². The molecule has 6 nitrogen and oxygen atoms in total. The lowest BCUT2D eigenvalue weighted by Crippen LogP contribution is -2.64. The second kappa shape index (κ2) is 5.11. The Balaban J connectivity index is 2.78. The summed E-state index contributed by atoms with van der Waals surface area (Å²) in [7, 11) is 0. The SMILES string of the molecule is CC(NC(=O)C1COCCO1)(C(=O)O)C(F)(F)F. The fraction of sp³-hybridized carbons (Fsp3) is 0.778. The molecule has 1 heterocycles. The van der Waals surface area contributed by atoms with Crippen molar-refractivity contribution in [1.82, 2.24) is 5.32 Å². The maximum absolute atomic E-state index is 12.6. The number of carbonyl (C=O) groups is 2. The number of carbonyl (C=O) groups excluding carboxylic acids is 1. The van der Waals surface area contributed by atoms with Crippen molar-refractivity contribution in [1.29, 1.82) is 0 Å². The summed E-state index contributed by atoms with van der Waals surface area (Å²) in [6, 6.07) is 0. The van der Waals surface area contributed by atoms with E-state index < -0.39 is 29.7 Å². The van der Waals surface area contributed by atoms with E-state index in [2.05, 4.69) is 0 Å². The van der Waals surface area contributed by atoms with Gasteiger partial charge in [-0.15, -0.1) is 0 Å². The lowest BCUT2D eigenvalue weighted by atomic mass is 10.0. The lowest BCUT2D eigenvalue weighted by Gasteiger charge is -2.31. The number of amides is 1. The van der Waals surface area contributed by atoms with Crippen LogP contribution in [0.15, 0.2) is 0 Å². The molecule has 1 fully saturated rings. The molecule has 1 amide bonds. The van der Waals surface area contributed by atoms with Crippen LogP contribution >= 0.6 is 0 Å². The van der Waals surface area contributed by atoms with Gasteiger partial charge in [-0.25, -0.2) is 4.79 Å². The monoisotopic (exact) mass is 271 g/mol. The Morgan fingerprint density at radius 2 is 1.94 bits per heavy atom. The van der Waals surface area contributed by atoms with Crippen molar-refractivity contribution in [3.8, 4) is 0 Å². The number of hydrogen-bond donors (Lipinski definition) is 2. The van der Waals surface area contributed by atoms with Gasteiger partial charge in [0.05, 0.1) is 19.8 Å². The normalized spacial score (nSPS) is 24.1. The van der Waals surface area contributed by atoms with Crippen LogP contribution in [0.5, 0.6) is 0 Å². The second-order valence-corrected chi connectivity index (χ2v) is 3.85. The molecule has 1 aliphatic rings. The van der Waals surface area contributed by atoms with Crippen LogP contribution in [0.3, 0.4) is 0 Å². The number of halogens is 3. The molecule has 9 heteroatoms. The molecule has 0 aliphatic carbocycles. The van der Waals surface area contributed by atoms with Gasteiger partial charge in [0.2, 0.25) is 5.54 Å². The molecule has 1 saturated heterocycles. The molecule has 0 aromatic rings. The van der Waals surface area contributed by atoms with E-state index in [1.54, 1.807) is 0 Å². The Kier molecular flexibility index (Phi) is 4.17. The smallest absolute Gasteiger partial charge is 0.422 e. The predicted octanol–water partition coefficient (Wildman–Crippen LogP) is -0.0764. The van der Waals surface area contributed by atoms with Crippen molar-refractivity contribution in [2.45, 2.75) is 24.7 Å². The first-order chi connectivity index (χ1) is 8.18. The molecule has 0 aromatic heterocycles. The highest BCUT2D eigenvalue weighted by Gasteiger charge is 2.59. The van der Waals surface area contributed by atoms with Crippen molar-refractivity contribution in [3.05, 3.63) is 0 Å². The molecule has 0 bridgehead atoms. The Morgan fingerprint density at radius 3 is 2.33 bits per heavy atom. The number of alkyl halides is 3. The van der Waals surface area contributed by atoms with Gasteiger partial charge in [0, 0.05) is 0 Å². The summed E-state index contributed by atoms with van der Waals surface area (Å²) in [6.07, 6.45) is -6.36. The van der Waals surface area contributed by atoms with Gasteiger partial charge in [-0.1, -0.05) is 0 Å². The maximum atomic E-state index is 12.6. The molecule has 18 heavy (non-hydrogen) atoms. The lowest BCUT2D eigenvalue weighted by molar-refractivity contribution is -0.209. The number of carboxylic acids is 1. The fourth-order valence-corrected chi connectivity index (χ4v) is 1.21. The van der Waals surface area contributed by atoms with Gasteiger partial charge >= 0.3 is 12.1 Å². The first kappa shape index (κ1) is 14.7. The van der Waals surface area contributed by atoms with Crippen LogP contribution in [0.4, 0.5) is 13.2 Å². The van der Waals surface area contributed by atoms with Crippen molar-refractivity contribution >= 4 is 11.9 Å². The predicted molar refractivity (Wildman–Crippen MR) is 50.8 cm³/mol. The standard InChI is InChI=1S/C9H12F3NO5/c1-8(7(15)16,9(10,11)12)13-6(14)5-4-17-2-3-18-5/h5H,2-4H2,1H3,(H,13,14)(H,15,16). The van der Waals surface area contributed by atoms with E-state index in [0.29, 0.717) is 6.92 Å². The number of nitrogens with one attached hydrogen (secondary N) is 1. The maximum Gasteiger partial charge on any atom is 0.422 e. The number of hydrogen-bond acceptors (Lipinski definition) is 4. The first-order valence-electron chi connectivity index (χ1n) is 5.00. The summed E-state index contributed by atoms with van der Waals surface area (Å²) in [6.45, 7) is 0.462. The van der Waals surface area contributed by atoms with Gasteiger partial charge < -0.3 is 19.9 Å². The topological polar surface area (TPSA) is 84.9 Å². The summed E-state index contributed by atoms with van der Waals surface area (Å²) >= 11 is 0. The third-order valence-corrected chi connectivity index (χ3v) is 2.48. The number of aliphatic carboxylic acids is 1. The van der Waals surface area contributed by atoms with E-state index in [4.69, 9.17) is 14.6 Å². The Bertz CT molecular complexity index is 340. The average molecular weight is 271 g/mol. The van der Waals surface area contributed by atoms with Crippen LogP contribution in [0.2, 0.25) is 0 Å². The van der Waals surface area contributed by atoms with E-state index in [9.17, 15) is 22.8 Å². The van der Waals surface area contributed by atoms with Crippen LogP contribution in [0, 0.1) is 0 Å². The zero-order chi connectivity index (χ0) is 14.0. The summed E-state index contributed by atoms with van der Waals surface area (Å²) in [5.41, 5.74) is -3.36. The highest BCUT2D eigenvalue weighted by molar-refractivity contribution is 5.89. The van der Waals surface area contributed by atoms with Crippen LogP contribution in [0.25, 0.3) is 0 Å². The third-order valence-electron chi connectivity index (χ3n) is 2.48. The summed E-state index contributed by atoms with van der Waals surface area (Å²) in [5, 5.41) is 10.0. The molecule has 2 unspecified atom stereocenters. The van der Waals surface area contributed by atoms with Crippen molar-refractivity contribution in [2.24, 2.45) is 0 Å². The van der Waals surface area contributed by atoms with E-state index in [1.165, 1.54) is 5.32 Å². The molecule has 0 saturated carbocycles. The highest BCUT2D eigenvalue weighted by Crippen LogP contribution is 2.30. The molecule has 2 N–H and O–H groups in total. The van der Waals surface area contributed by atoms with Crippen molar-refractivity contribution < 1.29 is 37.3 Å². The first-order valence-corrected chi connectivity index (χ1v) is 5.00. The summed E-state index contributed by atoms with van der Waals surface area (Å²) in [4.78, 5) is 22.2. The zero-order valence-corrected chi connectivity index (χ0v) is 9.41. The van der Waals surface area contributed by atoms with Crippen LogP contribution in [0.1, 0.15) is 6.92 Å². The van der Waals surface area contributed by atoms with Crippen LogP contribution < -0.4 is 5.32 Å². The molecule has 1 aliphatic heterocycles. The number of ether oxygens (including phenoxy) is 2. The van der Waals surface area contributed by atoms with Gasteiger partial charge in [-0.2, -0.15) is 13.2 Å². The van der Waals surface area contributed by atoms with E-state index in [1.807, 2.05) is 0 Å². The minimum atomic E-state index is -5.12. The van der Waals surface area contributed by atoms with Gasteiger partial charge in [0.25, 0.3) is 5.91 Å². The Hall–Kier alpha value is -1.35. The summed E-state index contributed by atoms with van der Waals surface area (Å²) < 4.78 is 47.6. The van der Waals surface area contributed by atoms with Crippen molar-refractivity contribution in [2.75, 3.05) is 19.8 Å². The second-order valence-electron chi connectivity index (χ2n) is 3.85. The number of rotatable bonds is 3. The summed E-state index contributed by atoms with van der Waals surface area (Å²) in [5.74, 6) is -3.36. The van der Waals surface area contributed by atoms with Gasteiger partial charge in [-0.05, 0) is 6.92 Å². The third kappa shape index (κ3) is 2.91. The molecule has 104 valence electrons. The van der Waals surface area contributed by atoms with Crippen LogP contribution in [-0.2, 0) is 19.1 Å². The average Bonchev–Trinajstić information content (AvgIpc) is 2.28. The molecule has 0 spiro atoms. The highest BCUT2D eigenvalue weighted by atomic mass is 19.4. The van der Waals surface area contributed by atoms with Gasteiger partial charge in [0.1, 0.15) is 0 Å². The van der Waals surface area contributed by atoms with E-state index >= 15 is 0 Å². The van der Waals surface area contributed by atoms with Gasteiger partial charge in [-0.3, -0.25) is 4.79 Å². The van der Waals surface area contributed by atoms with Gasteiger partial charge in [0.15, 0.2) is 6.10 Å². The zero-order valence-electron chi connectivity index (χ0n) is 9.41. The minimum Gasteiger partial charge on any atom is -0.479 e. The Labute approximate surface area is 100 Å². The number of carboxylic acid groups (broad SMARTS) is 1. The quantitative estimate of drug-likeness (QED) is 0.750.